The Morgan fingerprint density at radius 3 is 2.78 bits per heavy atom. The van der Waals surface area contributed by atoms with Crippen LogP contribution in [0, 0.1) is 5.82 Å². The van der Waals surface area contributed by atoms with Crippen LogP contribution in [0.2, 0.25) is 5.02 Å². The summed E-state index contributed by atoms with van der Waals surface area (Å²) in [5.74, 6) is -0.869. The molecule has 0 radical (unpaired) electrons. The molecule has 6 heteroatoms. The highest BCUT2D eigenvalue weighted by molar-refractivity contribution is 6.31. The van der Waals surface area contributed by atoms with Crippen LogP contribution in [0.4, 0.5) is 10.1 Å². The molecular formula is C12H9ClFN3O. The molecule has 0 aliphatic carbocycles. The average molecular weight is 266 g/mol. The van der Waals surface area contributed by atoms with E-state index in [-0.39, 0.29) is 16.6 Å². The van der Waals surface area contributed by atoms with Crippen molar-refractivity contribution in [3.63, 3.8) is 0 Å². The molecule has 0 bridgehead atoms. The Hall–Kier alpha value is -2.01. The van der Waals surface area contributed by atoms with Gasteiger partial charge in [-0.3, -0.25) is 9.78 Å². The third-order valence-electron chi connectivity index (χ3n) is 2.38. The second-order valence-electron chi connectivity index (χ2n) is 3.55. The first kappa shape index (κ1) is 12.4. The van der Waals surface area contributed by atoms with Crippen molar-refractivity contribution in [2.75, 3.05) is 11.9 Å². The van der Waals surface area contributed by atoms with Crippen molar-refractivity contribution < 1.29 is 9.18 Å². The fourth-order valence-corrected chi connectivity index (χ4v) is 1.57. The fourth-order valence-electron chi connectivity index (χ4n) is 1.39. The summed E-state index contributed by atoms with van der Waals surface area (Å²) in [6.45, 7) is 0. The number of rotatable bonds is 2. The molecule has 1 amide bonds. The molecule has 2 aromatic rings. The lowest BCUT2D eigenvalue weighted by Gasteiger charge is -2.16. The summed E-state index contributed by atoms with van der Waals surface area (Å²) in [6, 6.07) is 4.05. The first-order valence-corrected chi connectivity index (χ1v) is 5.46. The van der Waals surface area contributed by atoms with Crippen LogP contribution in [-0.4, -0.2) is 22.9 Å². The topological polar surface area (TPSA) is 46.1 Å². The Morgan fingerprint density at radius 2 is 2.17 bits per heavy atom. The van der Waals surface area contributed by atoms with Gasteiger partial charge in [-0.25, -0.2) is 9.37 Å². The zero-order valence-electron chi connectivity index (χ0n) is 9.47. The molecule has 0 aliphatic heterocycles. The summed E-state index contributed by atoms with van der Waals surface area (Å²) < 4.78 is 13.0. The second-order valence-corrected chi connectivity index (χ2v) is 3.96. The van der Waals surface area contributed by atoms with Crippen molar-refractivity contribution in [3.8, 4) is 0 Å². The molecule has 0 N–H and O–H groups in total. The van der Waals surface area contributed by atoms with E-state index < -0.39 is 5.82 Å². The third kappa shape index (κ3) is 2.46. The molecular weight excluding hydrogens is 257 g/mol. The summed E-state index contributed by atoms with van der Waals surface area (Å²) in [5.41, 5.74) is 0.692. The van der Waals surface area contributed by atoms with Gasteiger partial charge >= 0.3 is 0 Å². The van der Waals surface area contributed by atoms with Gasteiger partial charge in [0.2, 0.25) is 0 Å². The lowest BCUT2D eigenvalue weighted by atomic mass is 10.2. The molecule has 0 spiro atoms. The standard InChI is InChI=1S/C12H9ClFN3O/c1-17(8-2-3-10(14)9(13)6-8)12(18)11-7-15-4-5-16-11/h2-7H,1H3. The van der Waals surface area contributed by atoms with Gasteiger partial charge in [-0.1, -0.05) is 11.6 Å². The number of amides is 1. The predicted octanol–water partition coefficient (Wildman–Crippen LogP) is 2.55. The largest absolute Gasteiger partial charge is 0.310 e. The minimum absolute atomic E-state index is 0.0358. The molecule has 1 heterocycles. The van der Waals surface area contributed by atoms with Gasteiger partial charge in [-0.05, 0) is 18.2 Å². The van der Waals surface area contributed by atoms with Crippen LogP contribution < -0.4 is 4.90 Å². The maximum absolute atomic E-state index is 13.0. The van der Waals surface area contributed by atoms with Crippen LogP contribution in [0.25, 0.3) is 0 Å². The second kappa shape index (κ2) is 5.10. The van der Waals surface area contributed by atoms with E-state index in [4.69, 9.17) is 11.6 Å². The van der Waals surface area contributed by atoms with Gasteiger partial charge in [-0.15, -0.1) is 0 Å². The average Bonchev–Trinajstić information content (AvgIpc) is 2.41. The van der Waals surface area contributed by atoms with Crippen LogP contribution in [0.15, 0.2) is 36.8 Å². The molecule has 4 nitrogen and oxygen atoms in total. The van der Waals surface area contributed by atoms with Gasteiger partial charge in [0.05, 0.1) is 11.2 Å². The summed E-state index contributed by atoms with van der Waals surface area (Å²) in [6.07, 6.45) is 4.27. The summed E-state index contributed by atoms with van der Waals surface area (Å²) >= 11 is 5.67. The van der Waals surface area contributed by atoms with Gasteiger partial charge in [0.1, 0.15) is 11.5 Å². The molecule has 0 unspecified atom stereocenters. The first-order valence-electron chi connectivity index (χ1n) is 5.08. The van der Waals surface area contributed by atoms with Crippen molar-refractivity contribution >= 4 is 23.2 Å². The molecule has 1 aromatic carbocycles. The van der Waals surface area contributed by atoms with E-state index in [9.17, 15) is 9.18 Å². The normalized spacial score (nSPS) is 10.2. The number of aromatic nitrogens is 2. The van der Waals surface area contributed by atoms with Crippen LogP contribution in [0.1, 0.15) is 10.5 Å². The predicted molar refractivity (Wildman–Crippen MR) is 66.2 cm³/mol. The number of hydrogen-bond donors (Lipinski definition) is 0. The fraction of sp³-hybridized carbons (Fsp3) is 0.0833. The molecule has 92 valence electrons. The van der Waals surface area contributed by atoms with E-state index in [1.807, 2.05) is 0 Å². The molecule has 0 atom stereocenters. The maximum Gasteiger partial charge on any atom is 0.278 e. The monoisotopic (exact) mass is 265 g/mol. The first-order chi connectivity index (χ1) is 8.59. The van der Waals surface area contributed by atoms with Gasteiger partial charge in [-0.2, -0.15) is 0 Å². The Morgan fingerprint density at radius 1 is 1.39 bits per heavy atom. The molecule has 0 saturated carbocycles. The highest BCUT2D eigenvalue weighted by atomic mass is 35.5. The number of carbonyl (C=O) groups is 1. The van der Waals surface area contributed by atoms with Crippen LogP contribution in [0.5, 0.6) is 0 Å². The molecule has 2 rings (SSSR count). The van der Waals surface area contributed by atoms with E-state index in [0.717, 1.165) is 0 Å². The highest BCUT2D eigenvalue weighted by Gasteiger charge is 2.15. The van der Waals surface area contributed by atoms with E-state index in [1.54, 1.807) is 7.05 Å². The lowest BCUT2D eigenvalue weighted by Crippen LogP contribution is -2.27. The van der Waals surface area contributed by atoms with E-state index >= 15 is 0 Å². The van der Waals surface area contributed by atoms with Gasteiger partial charge in [0, 0.05) is 25.1 Å². The number of halogens is 2. The summed E-state index contributed by atoms with van der Waals surface area (Å²) in [5, 5.41) is -0.0358. The molecule has 18 heavy (non-hydrogen) atoms. The Balaban J connectivity index is 2.28. The summed E-state index contributed by atoms with van der Waals surface area (Å²) in [7, 11) is 1.56. The zero-order valence-corrected chi connectivity index (χ0v) is 10.2. The van der Waals surface area contributed by atoms with Crippen LogP contribution in [0.3, 0.4) is 0 Å². The summed E-state index contributed by atoms with van der Waals surface area (Å²) in [4.78, 5) is 21.1. The number of benzene rings is 1. The lowest BCUT2D eigenvalue weighted by molar-refractivity contribution is 0.0988. The zero-order chi connectivity index (χ0) is 13.1. The SMILES string of the molecule is CN(C(=O)c1cnccn1)c1ccc(F)c(Cl)c1. The maximum atomic E-state index is 13.0. The van der Waals surface area contributed by atoms with Crippen molar-refractivity contribution in [1.82, 2.24) is 9.97 Å². The molecule has 1 aromatic heterocycles. The van der Waals surface area contributed by atoms with Gasteiger partial charge < -0.3 is 4.90 Å². The molecule has 0 saturated heterocycles. The quantitative estimate of drug-likeness (QED) is 0.838. The smallest absolute Gasteiger partial charge is 0.278 e. The minimum Gasteiger partial charge on any atom is -0.310 e. The van der Waals surface area contributed by atoms with Crippen molar-refractivity contribution in [2.45, 2.75) is 0 Å². The highest BCUT2D eigenvalue weighted by Crippen LogP contribution is 2.22. The van der Waals surface area contributed by atoms with Crippen molar-refractivity contribution in [2.24, 2.45) is 0 Å². The van der Waals surface area contributed by atoms with Gasteiger partial charge in [0.15, 0.2) is 0 Å². The third-order valence-corrected chi connectivity index (χ3v) is 2.67. The molecule has 0 aliphatic rings. The van der Waals surface area contributed by atoms with Crippen LogP contribution in [-0.2, 0) is 0 Å². The number of anilines is 1. The van der Waals surface area contributed by atoms with E-state index in [1.165, 1.54) is 41.7 Å². The van der Waals surface area contributed by atoms with Crippen molar-refractivity contribution in [3.05, 3.63) is 53.3 Å². The Labute approximate surface area is 108 Å². The van der Waals surface area contributed by atoms with Crippen LogP contribution >= 0.6 is 11.6 Å². The minimum atomic E-state index is -0.527. The number of nitrogens with zero attached hydrogens (tertiary/aromatic N) is 3. The van der Waals surface area contributed by atoms with Crippen molar-refractivity contribution in [1.29, 1.82) is 0 Å². The molecule has 0 fully saturated rings. The Bertz CT molecular complexity index is 577. The number of carbonyl (C=O) groups excluding carboxylic acids is 1. The number of hydrogen-bond acceptors (Lipinski definition) is 3. The van der Waals surface area contributed by atoms with Gasteiger partial charge in [0.25, 0.3) is 5.91 Å². The Kier molecular flexibility index (Phi) is 3.53. The van der Waals surface area contributed by atoms with E-state index in [2.05, 4.69) is 9.97 Å². The van der Waals surface area contributed by atoms with E-state index in [0.29, 0.717) is 5.69 Å².